The number of ether oxygens (including phenoxy) is 3. The molecule has 0 saturated carbocycles. The van der Waals surface area contributed by atoms with Gasteiger partial charge in [0.15, 0.2) is 11.5 Å². The highest BCUT2D eigenvalue weighted by Gasteiger charge is 2.20. The van der Waals surface area contributed by atoms with Crippen molar-refractivity contribution in [3.63, 3.8) is 0 Å². The maximum Gasteiger partial charge on any atom is 0.317 e. The van der Waals surface area contributed by atoms with Gasteiger partial charge in [-0.25, -0.2) is 19.2 Å². The van der Waals surface area contributed by atoms with Crippen molar-refractivity contribution in [3.8, 4) is 11.5 Å². The minimum Gasteiger partial charge on any atom is -0.490 e. The lowest BCUT2D eigenvalue weighted by molar-refractivity contribution is 0.0243. The van der Waals surface area contributed by atoms with Gasteiger partial charge in [0.2, 0.25) is 0 Å². The van der Waals surface area contributed by atoms with Gasteiger partial charge in [-0.15, -0.1) is 0 Å². The minimum atomic E-state index is -0.491. The molecule has 3 aromatic rings. The molecule has 0 bridgehead atoms. The van der Waals surface area contributed by atoms with E-state index in [-0.39, 0.29) is 17.2 Å². The quantitative estimate of drug-likeness (QED) is 0.380. The van der Waals surface area contributed by atoms with Crippen molar-refractivity contribution in [2.75, 3.05) is 44.8 Å². The molecule has 37 heavy (non-hydrogen) atoms. The fourth-order valence-corrected chi connectivity index (χ4v) is 4.56. The number of hydrogen-bond acceptors (Lipinski definition) is 7. The lowest BCUT2D eigenvalue weighted by Crippen LogP contribution is -2.46. The van der Waals surface area contributed by atoms with E-state index in [1.165, 1.54) is 18.5 Å². The molecule has 2 aliphatic heterocycles. The molecule has 2 N–H and O–H groups in total. The summed E-state index contributed by atoms with van der Waals surface area (Å²) in [6.07, 6.45) is 4.65. The van der Waals surface area contributed by atoms with E-state index >= 15 is 0 Å². The number of benzene rings is 2. The number of aromatic nitrogens is 2. The van der Waals surface area contributed by atoms with Gasteiger partial charge < -0.3 is 29.7 Å². The Labute approximate surface area is 219 Å². The van der Waals surface area contributed by atoms with Crippen molar-refractivity contribution >= 4 is 40.0 Å². The second-order valence-corrected chi connectivity index (χ2v) is 9.40. The van der Waals surface area contributed by atoms with Gasteiger partial charge in [0, 0.05) is 49.6 Å². The Morgan fingerprint density at radius 3 is 2.86 bits per heavy atom. The average Bonchev–Trinajstić information content (AvgIpc) is 2.91. The van der Waals surface area contributed by atoms with Crippen molar-refractivity contribution in [2.45, 2.75) is 31.8 Å². The summed E-state index contributed by atoms with van der Waals surface area (Å²) < 4.78 is 31.6. The second kappa shape index (κ2) is 11.8. The van der Waals surface area contributed by atoms with Crippen LogP contribution in [0.5, 0.6) is 11.5 Å². The third-order valence-electron chi connectivity index (χ3n) is 6.34. The van der Waals surface area contributed by atoms with E-state index in [1.807, 2.05) is 12.1 Å². The first kappa shape index (κ1) is 25.3. The molecule has 11 heteroatoms. The van der Waals surface area contributed by atoms with Crippen LogP contribution in [0.25, 0.3) is 10.9 Å². The van der Waals surface area contributed by atoms with Crippen LogP contribution in [0.15, 0.2) is 36.7 Å². The highest BCUT2D eigenvalue weighted by molar-refractivity contribution is 6.31. The Balaban J connectivity index is 1.37. The number of amides is 2. The molecule has 9 nitrogen and oxygen atoms in total. The Morgan fingerprint density at radius 1 is 1.19 bits per heavy atom. The minimum absolute atomic E-state index is 0.00235. The van der Waals surface area contributed by atoms with Crippen molar-refractivity contribution in [2.24, 2.45) is 0 Å². The number of halogens is 2. The number of anilines is 2. The maximum absolute atomic E-state index is 13.6. The van der Waals surface area contributed by atoms with Crippen LogP contribution >= 0.6 is 11.6 Å². The molecule has 196 valence electrons. The zero-order valence-electron chi connectivity index (χ0n) is 20.3. The zero-order valence-corrected chi connectivity index (χ0v) is 21.1. The normalized spacial score (nSPS) is 16.5. The van der Waals surface area contributed by atoms with Crippen LogP contribution in [0.4, 0.5) is 20.7 Å². The predicted molar refractivity (Wildman–Crippen MR) is 138 cm³/mol. The van der Waals surface area contributed by atoms with Crippen LogP contribution in [0.1, 0.15) is 25.7 Å². The molecule has 3 heterocycles. The monoisotopic (exact) mass is 529 g/mol. The highest BCUT2D eigenvalue weighted by atomic mass is 35.5. The summed E-state index contributed by atoms with van der Waals surface area (Å²) in [4.78, 5) is 22.6. The first-order chi connectivity index (χ1) is 18.1. The summed E-state index contributed by atoms with van der Waals surface area (Å²) in [5.74, 6) is 1.21. The van der Waals surface area contributed by atoms with Crippen molar-refractivity contribution in [1.29, 1.82) is 0 Å². The number of hydrogen-bond donors (Lipinski definition) is 2. The van der Waals surface area contributed by atoms with E-state index in [4.69, 9.17) is 25.8 Å². The number of fused-ring (bicyclic) bond motifs is 1. The molecule has 2 aliphatic rings. The summed E-state index contributed by atoms with van der Waals surface area (Å²) in [6, 6.07) is 8.07. The molecule has 0 unspecified atom stereocenters. The molecule has 0 spiro atoms. The number of urea groups is 1. The summed E-state index contributed by atoms with van der Waals surface area (Å²) in [5, 5.41) is 6.80. The van der Waals surface area contributed by atoms with Gasteiger partial charge >= 0.3 is 6.03 Å². The number of rotatable bonds is 9. The summed E-state index contributed by atoms with van der Waals surface area (Å²) in [6.45, 7) is 3.81. The van der Waals surface area contributed by atoms with Crippen LogP contribution in [0, 0.1) is 5.82 Å². The second-order valence-electron chi connectivity index (χ2n) is 9.00. The van der Waals surface area contributed by atoms with Crippen molar-refractivity contribution in [3.05, 3.63) is 47.5 Å². The SMILES string of the molecule is O=C1NCCCN1CCCOc1cc2ncnc(Nc3ccc(F)c(Cl)c3)c2cc1OC1CCOCC1. The maximum atomic E-state index is 13.6. The smallest absolute Gasteiger partial charge is 0.317 e. The van der Waals surface area contributed by atoms with Gasteiger partial charge in [0.1, 0.15) is 24.1 Å². The summed E-state index contributed by atoms with van der Waals surface area (Å²) in [5.41, 5.74) is 1.26. The van der Waals surface area contributed by atoms with Gasteiger partial charge in [0.05, 0.1) is 30.4 Å². The lowest BCUT2D eigenvalue weighted by atomic mass is 10.1. The first-order valence-electron chi connectivity index (χ1n) is 12.5. The topological polar surface area (TPSA) is 97.8 Å². The molecule has 5 rings (SSSR count). The molecule has 1 aromatic heterocycles. The standard InChI is InChI=1S/C26H29ClFN5O4/c27-20-13-17(3-4-21(20)28)32-25-19-14-24(37-18-5-11-35-12-6-18)23(15-22(19)30-16-31-25)36-10-2-9-33-8-1-7-29-26(33)34/h3-4,13-16,18H,1-2,5-12H2,(H,29,34)(H,30,31,32). The third-order valence-corrected chi connectivity index (χ3v) is 6.63. The fourth-order valence-electron chi connectivity index (χ4n) is 4.38. The van der Waals surface area contributed by atoms with Gasteiger partial charge in [-0.3, -0.25) is 0 Å². The molecule has 2 amide bonds. The Hall–Kier alpha value is -3.37. The Morgan fingerprint density at radius 2 is 2.05 bits per heavy atom. The van der Waals surface area contributed by atoms with Gasteiger partial charge in [-0.05, 0) is 37.1 Å². The van der Waals surface area contributed by atoms with Crippen LogP contribution in [0.3, 0.4) is 0 Å². The number of nitrogens with one attached hydrogen (secondary N) is 2. The third kappa shape index (κ3) is 6.31. The largest absolute Gasteiger partial charge is 0.490 e. The predicted octanol–water partition coefficient (Wildman–Crippen LogP) is 4.91. The fraction of sp³-hybridized carbons (Fsp3) is 0.423. The number of carbonyl (C=O) groups is 1. The molecular formula is C26H29ClFN5O4. The van der Waals surface area contributed by atoms with Crippen LogP contribution in [-0.4, -0.2) is 66.5 Å². The van der Waals surface area contributed by atoms with E-state index in [2.05, 4.69) is 20.6 Å². The molecule has 0 aliphatic carbocycles. The first-order valence-corrected chi connectivity index (χ1v) is 12.9. The van der Waals surface area contributed by atoms with Crippen LogP contribution in [-0.2, 0) is 4.74 Å². The van der Waals surface area contributed by atoms with E-state index in [0.717, 1.165) is 37.7 Å². The van der Waals surface area contributed by atoms with Gasteiger partial charge in [-0.1, -0.05) is 11.6 Å². The van der Waals surface area contributed by atoms with E-state index < -0.39 is 5.82 Å². The van der Waals surface area contributed by atoms with E-state index in [1.54, 1.807) is 11.0 Å². The van der Waals surface area contributed by atoms with E-state index in [9.17, 15) is 9.18 Å². The highest BCUT2D eigenvalue weighted by Crippen LogP contribution is 2.36. The molecule has 2 aromatic carbocycles. The molecule has 0 radical (unpaired) electrons. The van der Waals surface area contributed by atoms with Crippen LogP contribution < -0.4 is 20.1 Å². The molecule has 2 saturated heterocycles. The van der Waals surface area contributed by atoms with Crippen molar-refractivity contribution < 1.29 is 23.4 Å². The number of nitrogens with zero attached hydrogens (tertiary/aromatic N) is 3. The Kier molecular flexibility index (Phi) is 8.05. The van der Waals surface area contributed by atoms with Crippen molar-refractivity contribution in [1.82, 2.24) is 20.2 Å². The molecule has 2 fully saturated rings. The Bertz CT molecular complexity index is 1260. The van der Waals surface area contributed by atoms with Crippen LogP contribution in [0.2, 0.25) is 5.02 Å². The summed E-state index contributed by atoms with van der Waals surface area (Å²) >= 11 is 5.95. The molecular weight excluding hydrogens is 501 g/mol. The van der Waals surface area contributed by atoms with Gasteiger partial charge in [-0.2, -0.15) is 0 Å². The van der Waals surface area contributed by atoms with Gasteiger partial charge in [0.25, 0.3) is 0 Å². The molecule has 0 atom stereocenters. The zero-order chi connectivity index (χ0) is 25.6. The number of carbonyl (C=O) groups excluding carboxylic acids is 1. The average molecular weight is 530 g/mol. The van der Waals surface area contributed by atoms with E-state index in [0.29, 0.717) is 61.3 Å². The lowest BCUT2D eigenvalue weighted by Gasteiger charge is -2.27. The summed E-state index contributed by atoms with van der Waals surface area (Å²) in [7, 11) is 0.